The van der Waals surface area contributed by atoms with E-state index in [1.54, 1.807) is 26.0 Å². The van der Waals surface area contributed by atoms with Crippen LogP contribution in [0.25, 0.3) is 0 Å². The average molecular weight is 350 g/mol. The lowest BCUT2D eigenvalue weighted by molar-refractivity contribution is -0.135. The Balaban J connectivity index is 0.000000451. The molecular weight excluding hydrogens is 320 g/mol. The molecule has 0 spiro atoms. The molecule has 0 saturated carbocycles. The van der Waals surface area contributed by atoms with Crippen molar-refractivity contribution in [1.82, 2.24) is 5.32 Å². The number of methoxy groups -OCH3 is 1. The zero-order valence-electron chi connectivity index (χ0n) is 16.3. The molecule has 1 heterocycles. The zero-order chi connectivity index (χ0) is 19.6. The topological polar surface area (TPSA) is 75.7 Å². The molecular formula is C19H30N2O4. The van der Waals surface area contributed by atoms with Crippen LogP contribution in [0.3, 0.4) is 0 Å². The molecule has 25 heavy (non-hydrogen) atoms. The minimum Gasteiger partial charge on any atom is -0.497 e. The van der Waals surface area contributed by atoms with Crippen LogP contribution in [0, 0.1) is 12.8 Å². The third-order valence-corrected chi connectivity index (χ3v) is 3.76. The van der Waals surface area contributed by atoms with E-state index in [0.717, 1.165) is 17.0 Å². The summed E-state index contributed by atoms with van der Waals surface area (Å²) in [6.07, 6.45) is 1.19. The molecule has 0 radical (unpaired) electrons. The number of nitrogens with zero attached hydrogens (tertiary/aromatic N) is 1. The largest absolute Gasteiger partial charge is 0.497 e. The second kappa shape index (κ2) is 11.2. The first-order chi connectivity index (χ1) is 11.8. The highest BCUT2D eigenvalue weighted by Crippen LogP contribution is 2.24. The maximum atomic E-state index is 11.2. The molecule has 1 atom stereocenters. The lowest BCUT2D eigenvalue weighted by Crippen LogP contribution is -2.39. The molecule has 6 heteroatoms. The van der Waals surface area contributed by atoms with Crippen LogP contribution in [0.5, 0.6) is 5.75 Å². The number of imide groups is 1. The monoisotopic (exact) mass is 350 g/mol. The summed E-state index contributed by atoms with van der Waals surface area (Å²) < 4.78 is 5.10. The van der Waals surface area contributed by atoms with Gasteiger partial charge in [-0.05, 0) is 25.0 Å². The van der Waals surface area contributed by atoms with Gasteiger partial charge in [-0.1, -0.05) is 26.8 Å². The first-order valence-corrected chi connectivity index (χ1v) is 8.49. The van der Waals surface area contributed by atoms with E-state index in [0.29, 0.717) is 12.8 Å². The number of hydrogen-bond acceptors (Lipinski definition) is 4. The molecule has 1 saturated heterocycles. The van der Waals surface area contributed by atoms with Gasteiger partial charge in [0.05, 0.1) is 7.11 Å². The van der Waals surface area contributed by atoms with Gasteiger partial charge in [0.25, 0.3) is 0 Å². The Morgan fingerprint density at radius 3 is 2.32 bits per heavy atom. The summed E-state index contributed by atoms with van der Waals surface area (Å²) in [5.74, 6) is 0.520. The first kappa shape index (κ1) is 22.6. The van der Waals surface area contributed by atoms with Crippen LogP contribution in [0.4, 0.5) is 5.69 Å². The van der Waals surface area contributed by atoms with Crippen molar-refractivity contribution in [2.24, 2.45) is 5.92 Å². The van der Waals surface area contributed by atoms with Gasteiger partial charge in [0.1, 0.15) is 5.75 Å². The molecule has 1 aliphatic rings. The Labute approximate surface area is 150 Å². The van der Waals surface area contributed by atoms with Crippen molar-refractivity contribution in [2.45, 2.75) is 47.5 Å². The van der Waals surface area contributed by atoms with Crippen LogP contribution in [0.1, 0.15) is 46.1 Å². The van der Waals surface area contributed by atoms with E-state index in [4.69, 9.17) is 4.74 Å². The highest BCUT2D eigenvalue weighted by Gasteiger charge is 2.21. The predicted octanol–water partition coefficient (Wildman–Crippen LogP) is 3.07. The summed E-state index contributed by atoms with van der Waals surface area (Å²) in [5.41, 5.74) is 1.94. The number of rotatable bonds is 2. The normalized spacial score (nSPS) is 15.7. The summed E-state index contributed by atoms with van der Waals surface area (Å²) >= 11 is 0. The van der Waals surface area contributed by atoms with Gasteiger partial charge in [-0.2, -0.15) is 0 Å². The number of benzene rings is 1. The van der Waals surface area contributed by atoms with Crippen molar-refractivity contribution >= 4 is 23.4 Å². The molecule has 1 aromatic rings. The number of carbonyl (C=O) groups is 3. The standard InChI is InChI=1S/C11H15NO2.C6H9NO2.C2H6/c1-8-5-6-10(14-4)7-11(8)12(3)9(2)13;1-4-2-3-5(8)7-6(4)9;1-2/h5-7H,1-4H3;4H,2-3H2,1H3,(H,7,8,9);1-2H3. The van der Waals surface area contributed by atoms with E-state index in [9.17, 15) is 14.4 Å². The van der Waals surface area contributed by atoms with Gasteiger partial charge in [0, 0.05) is 38.1 Å². The van der Waals surface area contributed by atoms with Gasteiger partial charge in [-0.25, -0.2) is 0 Å². The molecule has 0 aromatic heterocycles. The number of carbonyl (C=O) groups excluding carboxylic acids is 3. The summed E-state index contributed by atoms with van der Waals surface area (Å²) in [6, 6.07) is 5.68. The molecule has 140 valence electrons. The first-order valence-electron chi connectivity index (χ1n) is 8.49. The van der Waals surface area contributed by atoms with Gasteiger partial charge in [0.15, 0.2) is 0 Å². The molecule has 6 nitrogen and oxygen atoms in total. The van der Waals surface area contributed by atoms with Crippen LogP contribution in [0.15, 0.2) is 18.2 Å². The number of anilines is 1. The fraction of sp³-hybridized carbons (Fsp3) is 0.526. The van der Waals surface area contributed by atoms with Crippen LogP contribution in [0.2, 0.25) is 0 Å². The van der Waals surface area contributed by atoms with Gasteiger partial charge in [-0.3, -0.25) is 19.7 Å². The number of piperidine rings is 1. The van der Waals surface area contributed by atoms with E-state index >= 15 is 0 Å². The van der Waals surface area contributed by atoms with E-state index in [2.05, 4.69) is 5.32 Å². The van der Waals surface area contributed by atoms with Crippen LogP contribution >= 0.6 is 0 Å². The zero-order valence-corrected chi connectivity index (χ0v) is 16.3. The minimum absolute atomic E-state index is 0.0151. The van der Waals surface area contributed by atoms with Gasteiger partial charge < -0.3 is 9.64 Å². The van der Waals surface area contributed by atoms with Crippen molar-refractivity contribution < 1.29 is 19.1 Å². The fourth-order valence-corrected chi connectivity index (χ4v) is 2.05. The second-order valence-electron chi connectivity index (χ2n) is 5.58. The van der Waals surface area contributed by atoms with Crippen molar-refractivity contribution in [3.63, 3.8) is 0 Å². The van der Waals surface area contributed by atoms with Crippen LogP contribution < -0.4 is 15.0 Å². The number of aryl methyl sites for hydroxylation is 1. The smallest absolute Gasteiger partial charge is 0.229 e. The Morgan fingerprint density at radius 2 is 1.88 bits per heavy atom. The summed E-state index contributed by atoms with van der Waals surface area (Å²) in [7, 11) is 3.37. The molecule has 0 bridgehead atoms. The van der Waals surface area contributed by atoms with Gasteiger partial charge in [-0.15, -0.1) is 0 Å². The third-order valence-electron chi connectivity index (χ3n) is 3.76. The quantitative estimate of drug-likeness (QED) is 0.832. The molecule has 2 rings (SSSR count). The highest BCUT2D eigenvalue weighted by molar-refractivity contribution is 5.98. The van der Waals surface area contributed by atoms with Crippen molar-refractivity contribution in [3.05, 3.63) is 23.8 Å². The molecule has 1 aliphatic heterocycles. The number of hydrogen-bond donors (Lipinski definition) is 1. The lowest BCUT2D eigenvalue weighted by Gasteiger charge is -2.18. The Morgan fingerprint density at radius 1 is 1.28 bits per heavy atom. The molecule has 1 unspecified atom stereocenters. The second-order valence-corrected chi connectivity index (χ2v) is 5.58. The third kappa shape index (κ3) is 7.37. The lowest BCUT2D eigenvalue weighted by atomic mass is 10.0. The fourth-order valence-electron chi connectivity index (χ4n) is 2.05. The number of ether oxygens (including phenoxy) is 1. The van der Waals surface area contributed by atoms with E-state index < -0.39 is 0 Å². The Kier molecular flexibility index (Phi) is 10.2. The minimum atomic E-state index is -0.141. The Bertz CT molecular complexity index is 599. The highest BCUT2D eigenvalue weighted by atomic mass is 16.5. The molecule has 1 aromatic carbocycles. The predicted molar refractivity (Wildman–Crippen MR) is 99.7 cm³/mol. The molecule has 1 fully saturated rings. The van der Waals surface area contributed by atoms with Gasteiger partial charge in [0.2, 0.25) is 17.7 Å². The molecule has 1 N–H and O–H groups in total. The Hall–Kier alpha value is -2.37. The maximum Gasteiger partial charge on any atom is 0.229 e. The number of amides is 3. The van der Waals surface area contributed by atoms with E-state index in [1.807, 2.05) is 45.9 Å². The number of nitrogens with one attached hydrogen (secondary N) is 1. The maximum absolute atomic E-state index is 11.2. The van der Waals surface area contributed by atoms with Crippen LogP contribution in [-0.4, -0.2) is 31.9 Å². The van der Waals surface area contributed by atoms with Gasteiger partial charge >= 0.3 is 0 Å². The molecule has 0 aliphatic carbocycles. The van der Waals surface area contributed by atoms with E-state index in [1.165, 1.54) is 0 Å². The molecule has 3 amide bonds. The summed E-state index contributed by atoms with van der Waals surface area (Å²) in [6.45, 7) is 9.33. The van der Waals surface area contributed by atoms with Crippen molar-refractivity contribution in [2.75, 3.05) is 19.1 Å². The van der Waals surface area contributed by atoms with Crippen molar-refractivity contribution in [1.29, 1.82) is 0 Å². The van der Waals surface area contributed by atoms with Crippen LogP contribution in [-0.2, 0) is 14.4 Å². The average Bonchev–Trinajstić information content (AvgIpc) is 2.60. The SMILES string of the molecule is CC.CC1CCC(=O)NC1=O.COc1ccc(C)c(N(C)C(C)=O)c1. The summed E-state index contributed by atoms with van der Waals surface area (Å²) in [5, 5.41) is 2.25. The van der Waals surface area contributed by atoms with Crippen molar-refractivity contribution in [3.8, 4) is 5.75 Å². The summed E-state index contributed by atoms with van der Waals surface area (Å²) in [4.78, 5) is 33.9. The van der Waals surface area contributed by atoms with E-state index in [-0.39, 0.29) is 23.6 Å².